The van der Waals surface area contributed by atoms with Crippen LogP contribution in [0.25, 0.3) is 0 Å². The van der Waals surface area contributed by atoms with E-state index in [0.29, 0.717) is 19.1 Å². The van der Waals surface area contributed by atoms with Crippen molar-refractivity contribution in [1.29, 1.82) is 0 Å². The van der Waals surface area contributed by atoms with Gasteiger partial charge in [0.15, 0.2) is 0 Å². The number of aldehydes is 1. The third kappa shape index (κ3) is 7.23. The van der Waals surface area contributed by atoms with Gasteiger partial charge in [-0.2, -0.15) is 0 Å². The fourth-order valence-corrected chi connectivity index (χ4v) is 0.693. The SMILES string of the molecule is O=C1CCC(O)O1.O=CCCC(=O)O. The molecule has 0 amide bonds. The Hall–Kier alpha value is -1.43. The van der Waals surface area contributed by atoms with Crippen molar-refractivity contribution in [1.82, 2.24) is 0 Å². The molecule has 14 heavy (non-hydrogen) atoms. The molecule has 1 saturated heterocycles. The molecule has 1 aliphatic heterocycles. The lowest BCUT2D eigenvalue weighted by atomic mass is 10.3. The van der Waals surface area contributed by atoms with Crippen LogP contribution in [0.1, 0.15) is 25.7 Å². The Bertz CT molecular complexity index is 212. The van der Waals surface area contributed by atoms with E-state index in [-0.39, 0.29) is 18.8 Å². The minimum atomic E-state index is -0.924. The lowest BCUT2D eigenvalue weighted by molar-refractivity contribution is -0.153. The number of cyclic esters (lactones) is 1. The summed E-state index contributed by atoms with van der Waals surface area (Å²) >= 11 is 0. The van der Waals surface area contributed by atoms with Crippen molar-refractivity contribution in [3.8, 4) is 0 Å². The van der Waals surface area contributed by atoms with Gasteiger partial charge in [0.1, 0.15) is 6.29 Å². The molecule has 6 nitrogen and oxygen atoms in total. The summed E-state index contributed by atoms with van der Waals surface area (Å²) in [6.07, 6.45) is 0.653. The van der Waals surface area contributed by atoms with Gasteiger partial charge < -0.3 is 19.7 Å². The number of hydrogen-bond donors (Lipinski definition) is 2. The fourth-order valence-electron chi connectivity index (χ4n) is 0.693. The zero-order chi connectivity index (χ0) is 11.0. The summed E-state index contributed by atoms with van der Waals surface area (Å²) in [5.74, 6) is -1.22. The largest absolute Gasteiger partial charge is 0.481 e. The van der Waals surface area contributed by atoms with Crippen LogP contribution in [0.5, 0.6) is 0 Å². The first-order valence-electron chi connectivity index (χ1n) is 4.09. The van der Waals surface area contributed by atoms with Crippen LogP contribution >= 0.6 is 0 Å². The first-order chi connectivity index (χ1) is 6.56. The monoisotopic (exact) mass is 204 g/mol. The van der Waals surface area contributed by atoms with Crippen molar-refractivity contribution in [3.63, 3.8) is 0 Å². The third-order valence-electron chi connectivity index (χ3n) is 1.34. The molecule has 0 aromatic heterocycles. The van der Waals surface area contributed by atoms with E-state index in [2.05, 4.69) is 4.74 Å². The molecule has 2 N–H and O–H groups in total. The second-order valence-electron chi connectivity index (χ2n) is 2.58. The standard InChI is InChI=1S/2C4H6O3/c5-3-1-2-4(6)7-3;5-3-1-2-4(6)7/h3,5H,1-2H2;3H,1-2H2,(H,6,7). The molecule has 0 saturated carbocycles. The van der Waals surface area contributed by atoms with Gasteiger partial charge in [-0.05, 0) is 0 Å². The van der Waals surface area contributed by atoms with E-state index in [1.807, 2.05) is 0 Å². The molecule has 80 valence electrons. The minimum absolute atomic E-state index is 0.0521. The Morgan fingerprint density at radius 2 is 2.29 bits per heavy atom. The van der Waals surface area contributed by atoms with E-state index in [9.17, 15) is 14.4 Å². The normalized spacial score (nSPS) is 19.2. The van der Waals surface area contributed by atoms with Crippen LogP contribution in [0.3, 0.4) is 0 Å². The van der Waals surface area contributed by atoms with Crippen LogP contribution in [0.15, 0.2) is 0 Å². The van der Waals surface area contributed by atoms with E-state index >= 15 is 0 Å². The number of carbonyl (C=O) groups excluding carboxylic acids is 2. The second-order valence-corrected chi connectivity index (χ2v) is 2.58. The zero-order valence-corrected chi connectivity index (χ0v) is 7.51. The van der Waals surface area contributed by atoms with Crippen molar-refractivity contribution >= 4 is 18.2 Å². The maximum Gasteiger partial charge on any atom is 0.308 e. The number of aliphatic carboxylic acids is 1. The average molecular weight is 204 g/mol. The molecule has 0 aliphatic carbocycles. The molecule has 1 heterocycles. The molecule has 1 fully saturated rings. The molecule has 1 unspecified atom stereocenters. The van der Waals surface area contributed by atoms with Crippen LogP contribution in [-0.2, 0) is 19.1 Å². The summed E-state index contributed by atoms with van der Waals surface area (Å²) in [5, 5.41) is 16.3. The lowest BCUT2D eigenvalue weighted by Gasteiger charge is -1.94. The molecule has 1 rings (SSSR count). The third-order valence-corrected chi connectivity index (χ3v) is 1.34. The maximum atomic E-state index is 10.1. The first-order valence-corrected chi connectivity index (χ1v) is 4.09. The Kier molecular flexibility index (Phi) is 6.30. The molecule has 1 atom stereocenters. The molecule has 6 heteroatoms. The van der Waals surface area contributed by atoms with Gasteiger partial charge in [-0.3, -0.25) is 9.59 Å². The molecular formula is C8H12O6. The van der Waals surface area contributed by atoms with E-state index in [4.69, 9.17) is 10.2 Å². The van der Waals surface area contributed by atoms with Crippen LogP contribution in [0.4, 0.5) is 0 Å². The van der Waals surface area contributed by atoms with E-state index < -0.39 is 12.3 Å². The molecule has 1 aliphatic rings. The zero-order valence-electron chi connectivity index (χ0n) is 7.51. The van der Waals surface area contributed by atoms with E-state index in [0.717, 1.165) is 0 Å². The molecule has 0 aromatic rings. The quantitative estimate of drug-likeness (QED) is 0.483. The summed E-state index contributed by atoms with van der Waals surface area (Å²) in [5.41, 5.74) is 0. The Morgan fingerprint density at radius 1 is 1.64 bits per heavy atom. The number of carboxylic acids is 1. The Labute approximate surface area is 80.5 Å². The Balaban J connectivity index is 0.000000241. The lowest BCUT2D eigenvalue weighted by Crippen LogP contribution is -2.03. The number of hydrogen-bond acceptors (Lipinski definition) is 5. The molecule has 0 aromatic carbocycles. The van der Waals surface area contributed by atoms with Gasteiger partial charge in [-0.25, -0.2) is 0 Å². The van der Waals surface area contributed by atoms with E-state index in [1.165, 1.54) is 0 Å². The van der Waals surface area contributed by atoms with Crippen LogP contribution in [0, 0.1) is 0 Å². The number of carbonyl (C=O) groups is 3. The van der Waals surface area contributed by atoms with Gasteiger partial charge in [-0.15, -0.1) is 0 Å². The highest BCUT2D eigenvalue weighted by Crippen LogP contribution is 2.09. The number of ether oxygens (including phenoxy) is 1. The van der Waals surface area contributed by atoms with Gasteiger partial charge in [-0.1, -0.05) is 0 Å². The number of carboxylic acid groups (broad SMARTS) is 1. The van der Waals surface area contributed by atoms with Gasteiger partial charge in [0.25, 0.3) is 0 Å². The van der Waals surface area contributed by atoms with Gasteiger partial charge in [0.2, 0.25) is 6.29 Å². The van der Waals surface area contributed by atoms with Crippen molar-refractivity contribution < 1.29 is 29.3 Å². The summed E-state index contributed by atoms with van der Waals surface area (Å²) < 4.78 is 4.28. The second kappa shape index (κ2) is 7.02. The number of aliphatic hydroxyl groups is 1. The summed E-state index contributed by atoms with van der Waals surface area (Å²) in [4.78, 5) is 29.1. The minimum Gasteiger partial charge on any atom is -0.481 e. The molecule has 0 spiro atoms. The summed E-state index contributed by atoms with van der Waals surface area (Å²) in [6.45, 7) is 0. The molecule has 0 radical (unpaired) electrons. The highest BCUT2D eigenvalue weighted by molar-refractivity contribution is 5.71. The first kappa shape index (κ1) is 12.6. The predicted octanol–water partition coefficient (Wildman–Crippen LogP) is -0.308. The van der Waals surface area contributed by atoms with Crippen molar-refractivity contribution in [3.05, 3.63) is 0 Å². The fraction of sp³-hybridized carbons (Fsp3) is 0.625. The summed E-state index contributed by atoms with van der Waals surface area (Å²) in [7, 11) is 0. The van der Waals surface area contributed by atoms with Crippen molar-refractivity contribution in [2.75, 3.05) is 0 Å². The number of esters is 1. The summed E-state index contributed by atoms with van der Waals surface area (Å²) in [6, 6.07) is 0. The highest BCUT2D eigenvalue weighted by Gasteiger charge is 2.19. The van der Waals surface area contributed by atoms with Gasteiger partial charge in [0, 0.05) is 12.8 Å². The van der Waals surface area contributed by atoms with Crippen LogP contribution in [0.2, 0.25) is 0 Å². The molecular weight excluding hydrogens is 192 g/mol. The topological polar surface area (TPSA) is 101 Å². The van der Waals surface area contributed by atoms with Crippen LogP contribution < -0.4 is 0 Å². The number of aliphatic hydroxyl groups excluding tert-OH is 1. The van der Waals surface area contributed by atoms with Gasteiger partial charge in [0.05, 0.1) is 12.8 Å². The van der Waals surface area contributed by atoms with Crippen molar-refractivity contribution in [2.24, 2.45) is 0 Å². The molecule has 0 bridgehead atoms. The smallest absolute Gasteiger partial charge is 0.308 e. The maximum absolute atomic E-state index is 10.1. The van der Waals surface area contributed by atoms with Crippen LogP contribution in [-0.4, -0.2) is 34.7 Å². The number of rotatable bonds is 3. The Morgan fingerprint density at radius 3 is 2.43 bits per heavy atom. The average Bonchev–Trinajstić information content (AvgIpc) is 2.47. The van der Waals surface area contributed by atoms with Gasteiger partial charge >= 0.3 is 11.9 Å². The highest BCUT2D eigenvalue weighted by atomic mass is 16.6. The predicted molar refractivity (Wildman–Crippen MR) is 44.3 cm³/mol. The van der Waals surface area contributed by atoms with Crippen molar-refractivity contribution in [2.45, 2.75) is 32.0 Å². The van der Waals surface area contributed by atoms with E-state index in [1.54, 1.807) is 0 Å².